The normalized spacial score (nSPS) is 12.0. The van der Waals surface area contributed by atoms with Gasteiger partial charge in [0.15, 0.2) is 6.73 Å². The predicted octanol–water partition coefficient (Wildman–Crippen LogP) is 0.703. The van der Waals surface area contributed by atoms with Crippen molar-refractivity contribution in [3.8, 4) is 0 Å². The summed E-state index contributed by atoms with van der Waals surface area (Å²) >= 11 is 0. The molecule has 3 nitrogen and oxygen atoms in total. The molecule has 0 saturated carbocycles. The van der Waals surface area contributed by atoms with Gasteiger partial charge in [-0.05, 0) is 6.92 Å². The lowest BCUT2D eigenvalue weighted by atomic mass is 10.7. The Kier molecular flexibility index (Phi) is 5.46. The minimum Gasteiger partial charge on any atom is -0.379 e. The van der Waals surface area contributed by atoms with Crippen LogP contribution in [0.25, 0.3) is 0 Å². The first-order valence-corrected chi connectivity index (χ1v) is 4.02. The third kappa shape index (κ3) is 9.88. The van der Waals surface area contributed by atoms with Gasteiger partial charge < -0.3 is 14.0 Å². The van der Waals surface area contributed by atoms with E-state index in [1.165, 1.54) is 0 Å². The largest absolute Gasteiger partial charge is 0.379 e. The van der Waals surface area contributed by atoms with Gasteiger partial charge in [-0.25, -0.2) is 0 Å². The van der Waals surface area contributed by atoms with E-state index in [4.69, 9.17) is 9.47 Å². The molecule has 0 aromatic heterocycles. The molecule has 11 heavy (non-hydrogen) atoms. The maximum atomic E-state index is 5.35. The molecule has 0 fully saturated rings. The molecule has 0 aliphatic rings. The third-order valence-corrected chi connectivity index (χ3v) is 1.05. The molecule has 0 aliphatic carbocycles. The highest BCUT2D eigenvalue weighted by Gasteiger charge is 2.04. The lowest BCUT2D eigenvalue weighted by Gasteiger charge is -2.23. The van der Waals surface area contributed by atoms with Crippen molar-refractivity contribution in [2.45, 2.75) is 6.92 Å². The van der Waals surface area contributed by atoms with E-state index in [-0.39, 0.29) is 0 Å². The molecule has 0 unspecified atom stereocenters. The van der Waals surface area contributed by atoms with Crippen molar-refractivity contribution >= 4 is 0 Å². The summed E-state index contributed by atoms with van der Waals surface area (Å²) in [5.74, 6) is 0. The predicted molar refractivity (Wildman–Crippen MR) is 45.3 cm³/mol. The van der Waals surface area contributed by atoms with Crippen molar-refractivity contribution in [2.24, 2.45) is 0 Å². The third-order valence-electron chi connectivity index (χ3n) is 1.05. The lowest BCUT2D eigenvalue weighted by Crippen LogP contribution is -2.37. The van der Waals surface area contributed by atoms with Crippen molar-refractivity contribution in [3.05, 3.63) is 0 Å². The Hall–Kier alpha value is -0.120. The standard InChI is InChI=1S/C8H20NO2/c1-5-10-6-7-11-8-9(2,3)4/h5-8H2,1-4H3/q+1. The zero-order valence-electron chi connectivity index (χ0n) is 8.09. The number of hydrogen-bond acceptors (Lipinski definition) is 2. The number of quaternary nitrogens is 1. The average molecular weight is 162 g/mol. The summed E-state index contributed by atoms with van der Waals surface area (Å²) in [7, 11) is 6.29. The highest BCUT2D eigenvalue weighted by molar-refractivity contribution is 4.24. The number of hydrogen-bond donors (Lipinski definition) is 0. The quantitative estimate of drug-likeness (QED) is 0.325. The molecule has 68 valence electrons. The fourth-order valence-corrected chi connectivity index (χ4v) is 0.601. The van der Waals surface area contributed by atoms with Gasteiger partial charge in [0.05, 0.1) is 34.4 Å². The molecule has 3 heteroatoms. The highest BCUT2D eigenvalue weighted by Crippen LogP contribution is 1.89. The molecule has 0 aromatic rings. The van der Waals surface area contributed by atoms with E-state index in [1.807, 2.05) is 6.92 Å². The molecule has 0 N–H and O–H groups in total. The summed E-state index contributed by atoms with van der Waals surface area (Å²) in [4.78, 5) is 0. The van der Waals surface area contributed by atoms with Gasteiger partial charge in [-0.15, -0.1) is 0 Å². The zero-order valence-corrected chi connectivity index (χ0v) is 8.09. The second kappa shape index (κ2) is 5.52. The van der Waals surface area contributed by atoms with E-state index in [1.54, 1.807) is 0 Å². The van der Waals surface area contributed by atoms with E-state index in [0.717, 1.165) is 17.8 Å². The Morgan fingerprint density at radius 3 is 2.00 bits per heavy atom. The van der Waals surface area contributed by atoms with Crippen LogP contribution >= 0.6 is 0 Å². The first kappa shape index (κ1) is 10.9. The van der Waals surface area contributed by atoms with Gasteiger partial charge in [0.2, 0.25) is 0 Å². The first-order chi connectivity index (χ1) is 5.06. The summed E-state index contributed by atoms with van der Waals surface area (Å²) in [6, 6.07) is 0. The van der Waals surface area contributed by atoms with Crippen LogP contribution in [0, 0.1) is 0 Å². The van der Waals surface area contributed by atoms with Crippen molar-refractivity contribution in [1.82, 2.24) is 0 Å². The smallest absolute Gasteiger partial charge is 0.182 e. The minimum absolute atomic E-state index is 0.698. The molecular weight excluding hydrogens is 142 g/mol. The van der Waals surface area contributed by atoms with Gasteiger partial charge in [0.1, 0.15) is 0 Å². The van der Waals surface area contributed by atoms with Crippen LogP contribution in [-0.4, -0.2) is 52.2 Å². The molecule has 0 aliphatic heterocycles. The van der Waals surface area contributed by atoms with Crippen molar-refractivity contribution < 1.29 is 14.0 Å². The zero-order chi connectivity index (χ0) is 8.74. The molecule has 0 atom stereocenters. The van der Waals surface area contributed by atoms with Gasteiger partial charge in [-0.2, -0.15) is 0 Å². The Bertz CT molecular complexity index is 88.6. The van der Waals surface area contributed by atoms with Crippen LogP contribution in [0.1, 0.15) is 6.92 Å². The molecule has 0 radical (unpaired) electrons. The van der Waals surface area contributed by atoms with E-state index < -0.39 is 0 Å². The maximum Gasteiger partial charge on any atom is 0.182 e. The molecular formula is C8H20NO2+. The minimum atomic E-state index is 0.698. The van der Waals surface area contributed by atoms with Crippen LogP contribution in [0.2, 0.25) is 0 Å². The molecule has 0 amide bonds. The summed E-state index contributed by atoms with van der Waals surface area (Å²) in [5.41, 5.74) is 0. The molecule has 0 aromatic carbocycles. The SMILES string of the molecule is CCOCCOC[N+](C)(C)C. The van der Waals surface area contributed by atoms with E-state index in [2.05, 4.69) is 21.1 Å². The van der Waals surface area contributed by atoms with Crippen molar-refractivity contribution in [1.29, 1.82) is 0 Å². The molecule has 0 saturated heterocycles. The van der Waals surface area contributed by atoms with Crippen LogP contribution in [-0.2, 0) is 9.47 Å². The van der Waals surface area contributed by atoms with Crippen LogP contribution < -0.4 is 0 Å². The van der Waals surface area contributed by atoms with Gasteiger partial charge in [-0.1, -0.05) is 0 Å². The van der Waals surface area contributed by atoms with Gasteiger partial charge in [0.25, 0.3) is 0 Å². The molecule has 0 heterocycles. The van der Waals surface area contributed by atoms with E-state index >= 15 is 0 Å². The van der Waals surface area contributed by atoms with E-state index in [9.17, 15) is 0 Å². The fourth-order valence-electron chi connectivity index (χ4n) is 0.601. The second-order valence-corrected chi connectivity index (χ2v) is 3.52. The Labute approximate surface area is 69.5 Å². The topological polar surface area (TPSA) is 18.5 Å². The highest BCUT2D eigenvalue weighted by atomic mass is 16.5. The summed E-state index contributed by atoms with van der Waals surface area (Å²) < 4.78 is 11.3. The van der Waals surface area contributed by atoms with Gasteiger partial charge >= 0.3 is 0 Å². The average Bonchev–Trinajstić information content (AvgIpc) is 1.85. The Balaban J connectivity index is 3.02. The second-order valence-electron chi connectivity index (χ2n) is 3.52. The number of nitrogens with zero attached hydrogens (tertiary/aromatic N) is 1. The maximum absolute atomic E-state index is 5.35. The molecule has 0 bridgehead atoms. The van der Waals surface area contributed by atoms with E-state index in [0.29, 0.717) is 13.2 Å². The first-order valence-electron chi connectivity index (χ1n) is 4.02. The van der Waals surface area contributed by atoms with Gasteiger partial charge in [0, 0.05) is 6.61 Å². The van der Waals surface area contributed by atoms with Crippen LogP contribution in [0.15, 0.2) is 0 Å². The Morgan fingerprint density at radius 2 is 1.55 bits per heavy atom. The number of ether oxygens (including phenoxy) is 2. The van der Waals surface area contributed by atoms with Gasteiger partial charge in [-0.3, -0.25) is 0 Å². The Morgan fingerprint density at radius 1 is 1.00 bits per heavy atom. The van der Waals surface area contributed by atoms with Crippen molar-refractivity contribution in [3.63, 3.8) is 0 Å². The number of rotatable bonds is 6. The summed E-state index contributed by atoms with van der Waals surface area (Å²) in [6.45, 7) is 4.90. The molecule has 0 spiro atoms. The van der Waals surface area contributed by atoms with Crippen LogP contribution in [0.3, 0.4) is 0 Å². The monoisotopic (exact) mass is 162 g/mol. The summed E-state index contributed by atoms with van der Waals surface area (Å²) in [5, 5.41) is 0. The van der Waals surface area contributed by atoms with Crippen LogP contribution in [0.5, 0.6) is 0 Å². The van der Waals surface area contributed by atoms with Crippen molar-refractivity contribution in [2.75, 3.05) is 47.7 Å². The van der Waals surface area contributed by atoms with Crippen LogP contribution in [0.4, 0.5) is 0 Å². The summed E-state index contributed by atoms with van der Waals surface area (Å²) in [6.07, 6.45) is 0. The fraction of sp³-hybridized carbons (Fsp3) is 1.00. The lowest BCUT2D eigenvalue weighted by molar-refractivity contribution is -0.890. The molecule has 0 rings (SSSR count).